The molecule has 3 amide bonds. The predicted octanol–water partition coefficient (Wildman–Crippen LogP) is 1.69. The lowest BCUT2D eigenvalue weighted by molar-refractivity contribution is -0.136. The third-order valence-corrected chi connectivity index (χ3v) is 5.07. The zero-order chi connectivity index (χ0) is 23.4. The zero-order valence-electron chi connectivity index (χ0n) is 18.4. The van der Waals surface area contributed by atoms with E-state index in [4.69, 9.17) is 4.74 Å². The number of nitrogens with one attached hydrogen (secondary N) is 2. The molecule has 0 aliphatic carbocycles. The molecule has 9 heteroatoms. The lowest BCUT2D eigenvalue weighted by atomic mass is 10.1. The van der Waals surface area contributed by atoms with Gasteiger partial charge in [-0.05, 0) is 17.7 Å². The van der Waals surface area contributed by atoms with Crippen molar-refractivity contribution >= 4 is 23.4 Å². The van der Waals surface area contributed by atoms with E-state index in [1.54, 1.807) is 27.3 Å². The molecule has 1 aliphatic heterocycles. The molecule has 3 rings (SSSR count). The van der Waals surface area contributed by atoms with Crippen LogP contribution in [0.1, 0.15) is 22.0 Å². The van der Waals surface area contributed by atoms with Crippen molar-refractivity contribution in [3.63, 3.8) is 0 Å². The van der Waals surface area contributed by atoms with Crippen LogP contribution in [0.5, 0.6) is 5.75 Å². The standard InChI is InChI=1S/C23H26N4O5/c1-26(2)21(29)15-11-8-12-16(20(15)28)24-18-19(23(31)27(3)22(18)30)25-17(13-32-4)14-9-6-5-7-10-14/h5-12,17,24-25,28H,13H2,1-4H3/t17-/m1/s1. The third-order valence-electron chi connectivity index (χ3n) is 5.07. The summed E-state index contributed by atoms with van der Waals surface area (Å²) in [5.41, 5.74) is 1.09. The fourth-order valence-electron chi connectivity index (χ4n) is 3.33. The van der Waals surface area contributed by atoms with E-state index in [9.17, 15) is 19.5 Å². The number of nitrogens with zero attached hydrogens (tertiary/aromatic N) is 2. The first-order chi connectivity index (χ1) is 15.3. The van der Waals surface area contributed by atoms with Gasteiger partial charge in [0.15, 0.2) is 5.75 Å². The highest BCUT2D eigenvalue weighted by atomic mass is 16.5. The number of carbonyl (C=O) groups excluding carboxylic acids is 3. The second kappa shape index (κ2) is 9.52. The molecule has 0 bridgehead atoms. The Hall–Kier alpha value is -3.85. The van der Waals surface area contributed by atoms with Crippen LogP contribution >= 0.6 is 0 Å². The number of carbonyl (C=O) groups is 3. The molecule has 9 nitrogen and oxygen atoms in total. The van der Waals surface area contributed by atoms with Gasteiger partial charge in [-0.2, -0.15) is 0 Å². The second-order valence-electron chi connectivity index (χ2n) is 7.51. The van der Waals surface area contributed by atoms with Crippen molar-refractivity contribution in [1.29, 1.82) is 0 Å². The van der Waals surface area contributed by atoms with Crippen LogP contribution in [0.15, 0.2) is 59.9 Å². The summed E-state index contributed by atoms with van der Waals surface area (Å²) in [5, 5.41) is 16.6. The summed E-state index contributed by atoms with van der Waals surface area (Å²) >= 11 is 0. The van der Waals surface area contributed by atoms with E-state index in [1.807, 2.05) is 30.3 Å². The number of rotatable bonds is 8. The van der Waals surface area contributed by atoms with E-state index < -0.39 is 23.8 Å². The number of aromatic hydroxyl groups is 1. The Morgan fingerprint density at radius 3 is 2.34 bits per heavy atom. The number of phenols is 1. The second-order valence-corrected chi connectivity index (χ2v) is 7.51. The number of likely N-dealkylation sites (N-methyl/N-ethyl adjacent to an activating group) is 1. The van der Waals surface area contributed by atoms with Crippen molar-refractivity contribution in [3.8, 4) is 5.75 Å². The minimum absolute atomic E-state index is 0.0284. The van der Waals surface area contributed by atoms with Gasteiger partial charge in [0.1, 0.15) is 11.4 Å². The molecule has 1 heterocycles. The molecule has 0 aromatic heterocycles. The van der Waals surface area contributed by atoms with Gasteiger partial charge in [-0.1, -0.05) is 36.4 Å². The maximum Gasteiger partial charge on any atom is 0.279 e. The first kappa shape index (κ1) is 22.8. The van der Waals surface area contributed by atoms with Gasteiger partial charge in [-0.15, -0.1) is 0 Å². The van der Waals surface area contributed by atoms with Gasteiger partial charge >= 0.3 is 0 Å². The Balaban J connectivity index is 2.00. The molecule has 2 aromatic carbocycles. The lowest BCUT2D eigenvalue weighted by Crippen LogP contribution is -2.32. The Bertz CT molecular complexity index is 1070. The van der Waals surface area contributed by atoms with E-state index in [-0.39, 0.29) is 35.0 Å². The first-order valence-electron chi connectivity index (χ1n) is 9.94. The van der Waals surface area contributed by atoms with Crippen LogP contribution in [0.4, 0.5) is 5.69 Å². The summed E-state index contributed by atoms with van der Waals surface area (Å²) in [6, 6.07) is 13.6. The Morgan fingerprint density at radius 2 is 1.72 bits per heavy atom. The summed E-state index contributed by atoms with van der Waals surface area (Å²) in [6.07, 6.45) is 0. The molecule has 3 N–H and O–H groups in total. The Labute approximate surface area is 186 Å². The maximum absolute atomic E-state index is 12.8. The molecule has 0 unspecified atom stereocenters. The number of methoxy groups -OCH3 is 1. The minimum atomic E-state index is -0.564. The summed E-state index contributed by atoms with van der Waals surface area (Å²) < 4.78 is 5.30. The minimum Gasteiger partial charge on any atom is -0.505 e. The van der Waals surface area contributed by atoms with Crippen molar-refractivity contribution in [2.75, 3.05) is 40.2 Å². The number of amides is 3. The number of hydrogen-bond acceptors (Lipinski definition) is 7. The zero-order valence-corrected chi connectivity index (χ0v) is 18.4. The number of benzene rings is 2. The molecule has 1 atom stereocenters. The normalized spacial score (nSPS) is 14.6. The fourth-order valence-corrected chi connectivity index (χ4v) is 3.33. The number of hydrogen-bond donors (Lipinski definition) is 3. The number of imide groups is 1. The molecule has 1 aliphatic rings. The quantitative estimate of drug-likeness (QED) is 0.425. The van der Waals surface area contributed by atoms with Gasteiger partial charge in [-0.3, -0.25) is 19.3 Å². The third kappa shape index (κ3) is 4.42. The Morgan fingerprint density at radius 1 is 1.06 bits per heavy atom. The summed E-state index contributed by atoms with van der Waals surface area (Å²) in [5.74, 6) is -1.79. The van der Waals surface area contributed by atoms with E-state index in [1.165, 1.54) is 24.1 Å². The van der Waals surface area contributed by atoms with Crippen LogP contribution in [-0.2, 0) is 14.3 Å². The van der Waals surface area contributed by atoms with Gasteiger partial charge in [0, 0.05) is 28.3 Å². The number of para-hydroxylation sites is 1. The van der Waals surface area contributed by atoms with Gasteiger partial charge in [0.2, 0.25) is 0 Å². The molecule has 0 saturated heterocycles. The van der Waals surface area contributed by atoms with Crippen molar-refractivity contribution < 1.29 is 24.2 Å². The summed E-state index contributed by atoms with van der Waals surface area (Å²) in [6.45, 7) is 0.254. The highest BCUT2D eigenvalue weighted by Gasteiger charge is 2.38. The molecule has 168 valence electrons. The molecular formula is C23H26N4O5. The van der Waals surface area contributed by atoms with Crippen LogP contribution < -0.4 is 10.6 Å². The fraction of sp³-hybridized carbons (Fsp3) is 0.261. The topological polar surface area (TPSA) is 111 Å². The predicted molar refractivity (Wildman–Crippen MR) is 119 cm³/mol. The lowest BCUT2D eigenvalue weighted by Gasteiger charge is -2.20. The van der Waals surface area contributed by atoms with E-state index in [0.29, 0.717) is 0 Å². The maximum atomic E-state index is 12.8. The van der Waals surface area contributed by atoms with Gasteiger partial charge in [0.05, 0.1) is 23.9 Å². The molecule has 0 radical (unpaired) electrons. The average Bonchev–Trinajstić information content (AvgIpc) is 2.98. The van der Waals surface area contributed by atoms with Gasteiger partial charge < -0.3 is 25.4 Å². The van der Waals surface area contributed by atoms with Crippen molar-refractivity contribution in [2.24, 2.45) is 0 Å². The smallest absolute Gasteiger partial charge is 0.279 e. The van der Waals surface area contributed by atoms with Crippen LogP contribution in [0, 0.1) is 0 Å². The molecule has 0 fully saturated rings. The summed E-state index contributed by atoms with van der Waals surface area (Å²) in [7, 11) is 6.06. The van der Waals surface area contributed by atoms with Crippen molar-refractivity contribution in [1.82, 2.24) is 15.1 Å². The van der Waals surface area contributed by atoms with E-state index >= 15 is 0 Å². The first-order valence-corrected chi connectivity index (χ1v) is 9.94. The van der Waals surface area contributed by atoms with Gasteiger partial charge in [-0.25, -0.2) is 0 Å². The average molecular weight is 438 g/mol. The monoisotopic (exact) mass is 438 g/mol. The Kier molecular flexibility index (Phi) is 6.79. The van der Waals surface area contributed by atoms with Crippen LogP contribution in [0.25, 0.3) is 0 Å². The van der Waals surface area contributed by atoms with Gasteiger partial charge in [0.25, 0.3) is 17.7 Å². The van der Waals surface area contributed by atoms with Crippen LogP contribution in [0.2, 0.25) is 0 Å². The largest absolute Gasteiger partial charge is 0.505 e. The van der Waals surface area contributed by atoms with Crippen LogP contribution in [0.3, 0.4) is 0 Å². The van der Waals surface area contributed by atoms with Crippen LogP contribution in [-0.4, -0.2) is 67.5 Å². The number of phenolic OH excluding ortho intramolecular Hbond substituents is 1. The van der Waals surface area contributed by atoms with E-state index in [0.717, 1.165) is 10.5 Å². The molecule has 2 aromatic rings. The van der Waals surface area contributed by atoms with E-state index in [2.05, 4.69) is 10.6 Å². The molecular weight excluding hydrogens is 412 g/mol. The number of ether oxygens (including phenoxy) is 1. The SMILES string of the molecule is COC[C@@H](NC1=C(Nc2cccc(C(=O)N(C)C)c2O)C(=O)N(C)C1=O)c1ccccc1. The van der Waals surface area contributed by atoms with Crippen molar-refractivity contribution in [2.45, 2.75) is 6.04 Å². The highest BCUT2D eigenvalue weighted by molar-refractivity contribution is 6.20. The number of anilines is 1. The molecule has 32 heavy (non-hydrogen) atoms. The highest BCUT2D eigenvalue weighted by Crippen LogP contribution is 2.31. The molecule has 0 spiro atoms. The van der Waals surface area contributed by atoms with Crippen molar-refractivity contribution in [3.05, 3.63) is 71.1 Å². The summed E-state index contributed by atoms with van der Waals surface area (Å²) in [4.78, 5) is 40.3. The molecule has 0 saturated carbocycles.